The summed E-state index contributed by atoms with van der Waals surface area (Å²) in [6, 6.07) is 15.6. The number of para-hydroxylation sites is 1. The van der Waals surface area contributed by atoms with Gasteiger partial charge >= 0.3 is 0 Å². The summed E-state index contributed by atoms with van der Waals surface area (Å²) in [6.45, 7) is 1.92. The third-order valence-electron chi connectivity index (χ3n) is 3.42. The van der Waals surface area contributed by atoms with Crippen molar-refractivity contribution in [1.29, 1.82) is 0 Å². The first-order valence-electron chi connectivity index (χ1n) is 7.41. The predicted molar refractivity (Wildman–Crippen MR) is 87.3 cm³/mol. The molecule has 0 aromatic heterocycles. The van der Waals surface area contributed by atoms with Gasteiger partial charge in [0.15, 0.2) is 0 Å². The van der Waals surface area contributed by atoms with E-state index in [1.807, 2.05) is 30.3 Å². The lowest BCUT2D eigenvalue weighted by atomic mass is 10.2. The lowest BCUT2D eigenvalue weighted by Gasteiger charge is -2.21. The van der Waals surface area contributed by atoms with Gasteiger partial charge in [0.25, 0.3) is 0 Å². The second-order valence-corrected chi connectivity index (χ2v) is 5.13. The maximum Gasteiger partial charge on any atom is 0.223 e. The largest absolute Gasteiger partial charge is 0.352 e. The van der Waals surface area contributed by atoms with Gasteiger partial charge in [0.1, 0.15) is 5.82 Å². The van der Waals surface area contributed by atoms with Gasteiger partial charge in [-0.15, -0.1) is 0 Å². The topological polar surface area (TPSA) is 49.4 Å². The molecule has 0 saturated heterocycles. The average molecular weight is 314 g/mol. The summed E-state index contributed by atoms with van der Waals surface area (Å²) >= 11 is 0. The SMILES string of the molecule is CC(=O)N(CCC(=O)NCc1ccccc1)c1ccccc1F. The lowest BCUT2D eigenvalue weighted by molar-refractivity contribution is -0.121. The van der Waals surface area contributed by atoms with Crippen LogP contribution in [0.3, 0.4) is 0 Å². The van der Waals surface area contributed by atoms with Crippen LogP contribution in [0.1, 0.15) is 18.9 Å². The number of nitrogens with one attached hydrogen (secondary N) is 1. The van der Waals surface area contributed by atoms with Crippen LogP contribution in [-0.2, 0) is 16.1 Å². The van der Waals surface area contributed by atoms with Crippen LogP contribution in [0.15, 0.2) is 54.6 Å². The van der Waals surface area contributed by atoms with Crippen LogP contribution < -0.4 is 10.2 Å². The molecule has 1 N–H and O–H groups in total. The minimum Gasteiger partial charge on any atom is -0.352 e. The zero-order chi connectivity index (χ0) is 16.7. The van der Waals surface area contributed by atoms with Gasteiger partial charge < -0.3 is 10.2 Å². The molecule has 23 heavy (non-hydrogen) atoms. The van der Waals surface area contributed by atoms with Crippen molar-refractivity contribution >= 4 is 17.5 Å². The van der Waals surface area contributed by atoms with Crippen LogP contribution in [0.25, 0.3) is 0 Å². The van der Waals surface area contributed by atoms with E-state index in [2.05, 4.69) is 5.32 Å². The fourth-order valence-corrected chi connectivity index (χ4v) is 2.22. The zero-order valence-electron chi connectivity index (χ0n) is 13.0. The number of halogens is 1. The van der Waals surface area contributed by atoms with Crippen LogP contribution in [0.2, 0.25) is 0 Å². The molecule has 0 atom stereocenters. The summed E-state index contributed by atoms with van der Waals surface area (Å²) in [6.07, 6.45) is 0.112. The molecule has 0 spiro atoms. The van der Waals surface area contributed by atoms with Crippen LogP contribution in [0.4, 0.5) is 10.1 Å². The highest BCUT2D eigenvalue weighted by atomic mass is 19.1. The minimum absolute atomic E-state index is 0.112. The minimum atomic E-state index is -0.479. The molecular formula is C18H19FN2O2. The van der Waals surface area contributed by atoms with E-state index in [0.29, 0.717) is 6.54 Å². The first-order chi connectivity index (χ1) is 11.1. The first-order valence-corrected chi connectivity index (χ1v) is 7.41. The normalized spacial score (nSPS) is 10.2. The highest BCUT2D eigenvalue weighted by molar-refractivity contribution is 5.92. The van der Waals surface area contributed by atoms with Crippen molar-refractivity contribution in [3.63, 3.8) is 0 Å². The Morgan fingerprint density at radius 1 is 1.04 bits per heavy atom. The monoisotopic (exact) mass is 314 g/mol. The number of carbonyl (C=O) groups is 2. The molecule has 2 amide bonds. The second-order valence-electron chi connectivity index (χ2n) is 5.13. The maximum absolute atomic E-state index is 13.8. The summed E-state index contributed by atoms with van der Waals surface area (Å²) in [7, 11) is 0. The Morgan fingerprint density at radius 3 is 2.35 bits per heavy atom. The first kappa shape index (κ1) is 16.7. The third-order valence-corrected chi connectivity index (χ3v) is 3.42. The van der Waals surface area contributed by atoms with E-state index in [1.165, 1.54) is 24.0 Å². The van der Waals surface area contributed by atoms with Gasteiger partial charge in [-0.3, -0.25) is 9.59 Å². The summed E-state index contributed by atoms with van der Waals surface area (Å²) in [5.74, 6) is -0.963. The Kier molecular flexibility index (Phi) is 5.86. The average Bonchev–Trinajstić information content (AvgIpc) is 2.55. The van der Waals surface area contributed by atoms with E-state index < -0.39 is 5.82 Å². The highest BCUT2D eigenvalue weighted by Gasteiger charge is 2.16. The molecule has 0 heterocycles. The summed E-state index contributed by atoms with van der Waals surface area (Å²) in [5.41, 5.74) is 1.19. The quantitative estimate of drug-likeness (QED) is 0.891. The molecule has 5 heteroatoms. The van der Waals surface area contributed by atoms with E-state index in [4.69, 9.17) is 0 Å². The van der Waals surface area contributed by atoms with Crippen molar-refractivity contribution < 1.29 is 14.0 Å². The summed E-state index contributed by atoms with van der Waals surface area (Å²) in [5, 5.41) is 2.79. The molecule has 0 unspecified atom stereocenters. The fourth-order valence-electron chi connectivity index (χ4n) is 2.22. The standard InChI is InChI=1S/C18H19FN2O2/c1-14(22)21(17-10-6-5-9-16(17)19)12-11-18(23)20-13-15-7-3-2-4-8-15/h2-10H,11-13H2,1H3,(H,20,23). The van der Waals surface area contributed by atoms with Crippen molar-refractivity contribution in [2.24, 2.45) is 0 Å². The predicted octanol–water partition coefficient (Wildman–Crippen LogP) is 2.89. The fraction of sp³-hybridized carbons (Fsp3) is 0.222. The van der Waals surface area contributed by atoms with Crippen LogP contribution in [-0.4, -0.2) is 18.4 Å². The number of amides is 2. The molecular weight excluding hydrogens is 295 g/mol. The van der Waals surface area contributed by atoms with Crippen molar-refractivity contribution in [2.45, 2.75) is 19.9 Å². The number of carbonyl (C=O) groups excluding carboxylic acids is 2. The molecule has 2 aromatic rings. The van der Waals surface area contributed by atoms with E-state index in [1.54, 1.807) is 12.1 Å². The molecule has 0 saturated carbocycles. The van der Waals surface area contributed by atoms with E-state index >= 15 is 0 Å². The number of benzene rings is 2. The molecule has 0 aliphatic rings. The molecule has 0 radical (unpaired) electrons. The van der Waals surface area contributed by atoms with Gasteiger partial charge in [0.05, 0.1) is 5.69 Å². The number of hydrogen-bond acceptors (Lipinski definition) is 2. The molecule has 2 rings (SSSR count). The number of hydrogen-bond donors (Lipinski definition) is 1. The van der Waals surface area contributed by atoms with Crippen LogP contribution >= 0.6 is 0 Å². The van der Waals surface area contributed by atoms with Gasteiger partial charge in [-0.05, 0) is 17.7 Å². The van der Waals surface area contributed by atoms with Crippen molar-refractivity contribution in [1.82, 2.24) is 5.32 Å². The maximum atomic E-state index is 13.8. The number of nitrogens with zero attached hydrogens (tertiary/aromatic N) is 1. The van der Waals surface area contributed by atoms with Crippen LogP contribution in [0, 0.1) is 5.82 Å². The molecule has 0 bridgehead atoms. The Hall–Kier alpha value is -2.69. The second kappa shape index (κ2) is 8.08. The van der Waals surface area contributed by atoms with Gasteiger partial charge in [-0.2, -0.15) is 0 Å². The summed E-state index contributed by atoms with van der Waals surface area (Å²) in [4.78, 5) is 24.9. The number of rotatable bonds is 6. The van der Waals surface area contributed by atoms with E-state index in [0.717, 1.165) is 5.56 Å². The number of anilines is 1. The Bertz CT molecular complexity index is 674. The lowest BCUT2D eigenvalue weighted by Crippen LogP contribution is -2.34. The van der Waals surface area contributed by atoms with Crippen molar-refractivity contribution in [3.05, 3.63) is 66.0 Å². The van der Waals surface area contributed by atoms with Gasteiger partial charge in [0, 0.05) is 26.4 Å². The van der Waals surface area contributed by atoms with Crippen LogP contribution in [0.5, 0.6) is 0 Å². The molecule has 0 aliphatic heterocycles. The highest BCUT2D eigenvalue weighted by Crippen LogP contribution is 2.19. The molecule has 120 valence electrons. The van der Waals surface area contributed by atoms with Crippen molar-refractivity contribution in [3.8, 4) is 0 Å². The van der Waals surface area contributed by atoms with Crippen molar-refractivity contribution in [2.75, 3.05) is 11.4 Å². The molecule has 2 aromatic carbocycles. The summed E-state index contributed by atoms with van der Waals surface area (Å²) < 4.78 is 13.8. The zero-order valence-corrected chi connectivity index (χ0v) is 13.0. The van der Waals surface area contributed by atoms with Gasteiger partial charge in [0.2, 0.25) is 11.8 Å². The van der Waals surface area contributed by atoms with Gasteiger partial charge in [-0.1, -0.05) is 42.5 Å². The van der Waals surface area contributed by atoms with Gasteiger partial charge in [-0.25, -0.2) is 4.39 Å². The smallest absolute Gasteiger partial charge is 0.223 e. The Balaban J connectivity index is 1.90. The Labute approximate surface area is 134 Å². The molecule has 0 aliphatic carbocycles. The Morgan fingerprint density at radius 2 is 1.70 bits per heavy atom. The molecule has 0 fully saturated rings. The van der Waals surface area contributed by atoms with E-state index in [-0.39, 0.29) is 30.5 Å². The van der Waals surface area contributed by atoms with E-state index in [9.17, 15) is 14.0 Å². The molecule has 4 nitrogen and oxygen atoms in total. The third kappa shape index (κ3) is 4.92.